The molecule has 0 unspecified atom stereocenters. The van der Waals surface area contributed by atoms with Crippen molar-refractivity contribution in [2.45, 2.75) is 44.6 Å². The van der Waals surface area contributed by atoms with Crippen LogP contribution in [0.15, 0.2) is 6.20 Å². The Kier molecular flexibility index (Phi) is 3.83. The zero-order valence-electron chi connectivity index (χ0n) is 13.8. The standard InChI is InChI=1S/C17H24N4O3/c22-15-13-8-21(10-17(13,9-18-15)16(23)24)7-12-6-19-20-14(12)11-4-2-1-3-5-11/h6,11,13H,1-5,7-10H2,(H,18,22)(H,19,20)(H,23,24)/t13-,17+/m0/s1. The van der Waals surface area contributed by atoms with Crippen LogP contribution in [0.5, 0.6) is 0 Å². The second-order valence-corrected chi connectivity index (χ2v) is 7.55. The number of amides is 1. The number of rotatable bonds is 4. The van der Waals surface area contributed by atoms with E-state index in [1.165, 1.54) is 37.8 Å². The number of fused-ring (bicyclic) bond motifs is 1. The summed E-state index contributed by atoms with van der Waals surface area (Å²) in [6.07, 6.45) is 8.09. The Hall–Kier alpha value is -1.89. The zero-order valence-corrected chi connectivity index (χ0v) is 13.8. The predicted octanol–water partition coefficient (Wildman–Crippen LogP) is 1.09. The van der Waals surface area contributed by atoms with Crippen LogP contribution < -0.4 is 5.32 Å². The number of carboxylic acids is 1. The molecule has 7 heteroatoms. The molecular weight excluding hydrogens is 308 g/mol. The van der Waals surface area contributed by atoms with E-state index in [2.05, 4.69) is 20.4 Å². The molecule has 7 nitrogen and oxygen atoms in total. The molecule has 3 N–H and O–H groups in total. The summed E-state index contributed by atoms with van der Waals surface area (Å²) < 4.78 is 0. The monoisotopic (exact) mass is 332 g/mol. The largest absolute Gasteiger partial charge is 0.481 e. The number of carbonyl (C=O) groups excluding carboxylic acids is 1. The van der Waals surface area contributed by atoms with Crippen molar-refractivity contribution in [3.8, 4) is 0 Å². The lowest BCUT2D eigenvalue weighted by Crippen LogP contribution is -2.40. The first-order chi connectivity index (χ1) is 11.6. The molecule has 1 aromatic heterocycles. The maximum atomic E-state index is 12.0. The fraction of sp³-hybridized carbons (Fsp3) is 0.706. The van der Waals surface area contributed by atoms with E-state index < -0.39 is 17.3 Å². The maximum Gasteiger partial charge on any atom is 0.313 e. The fourth-order valence-electron chi connectivity index (χ4n) is 4.73. The first-order valence-electron chi connectivity index (χ1n) is 8.86. The number of H-pyrrole nitrogens is 1. The molecule has 2 aliphatic heterocycles. The molecule has 0 radical (unpaired) electrons. The van der Waals surface area contributed by atoms with Crippen LogP contribution in [0.1, 0.15) is 49.3 Å². The van der Waals surface area contributed by atoms with E-state index in [1.54, 1.807) is 0 Å². The third-order valence-electron chi connectivity index (χ3n) is 6.09. The average molecular weight is 332 g/mol. The normalized spacial score (nSPS) is 31.2. The molecule has 2 saturated heterocycles. The molecule has 1 aliphatic carbocycles. The Balaban J connectivity index is 1.50. The van der Waals surface area contributed by atoms with Crippen molar-refractivity contribution < 1.29 is 14.7 Å². The number of carbonyl (C=O) groups is 2. The van der Waals surface area contributed by atoms with Crippen LogP contribution in [0.2, 0.25) is 0 Å². The SMILES string of the molecule is O=C1NC[C@@]2(C(=O)O)CN(Cc3cn[nH]c3C3CCCCC3)C[C@@H]12. The summed E-state index contributed by atoms with van der Waals surface area (Å²) in [5.41, 5.74) is 1.40. The van der Waals surface area contributed by atoms with Gasteiger partial charge in [-0.25, -0.2) is 0 Å². The maximum absolute atomic E-state index is 12.0. The van der Waals surface area contributed by atoms with E-state index in [4.69, 9.17) is 0 Å². The van der Waals surface area contributed by atoms with Crippen molar-refractivity contribution in [2.24, 2.45) is 11.3 Å². The van der Waals surface area contributed by atoms with Crippen molar-refractivity contribution in [3.63, 3.8) is 0 Å². The topological polar surface area (TPSA) is 98.3 Å². The number of likely N-dealkylation sites (tertiary alicyclic amines) is 1. The zero-order chi connectivity index (χ0) is 16.7. The van der Waals surface area contributed by atoms with Gasteiger partial charge in [-0.1, -0.05) is 19.3 Å². The Morgan fingerprint density at radius 2 is 2.17 bits per heavy atom. The fourth-order valence-corrected chi connectivity index (χ4v) is 4.73. The molecule has 3 heterocycles. The molecular formula is C17H24N4O3. The summed E-state index contributed by atoms with van der Waals surface area (Å²) >= 11 is 0. The molecule has 0 bridgehead atoms. The van der Waals surface area contributed by atoms with E-state index in [-0.39, 0.29) is 12.5 Å². The number of aromatic nitrogens is 2. The van der Waals surface area contributed by atoms with Crippen molar-refractivity contribution in [2.75, 3.05) is 19.6 Å². The van der Waals surface area contributed by atoms with Gasteiger partial charge in [0.05, 0.1) is 12.1 Å². The van der Waals surface area contributed by atoms with Gasteiger partial charge in [0.25, 0.3) is 0 Å². The number of nitrogens with one attached hydrogen (secondary N) is 2. The number of hydrogen-bond acceptors (Lipinski definition) is 4. The average Bonchev–Trinajstić information content (AvgIpc) is 3.25. The lowest BCUT2D eigenvalue weighted by Gasteiger charge is -2.24. The second kappa shape index (κ2) is 5.88. The lowest BCUT2D eigenvalue weighted by atomic mass is 9.81. The third-order valence-corrected chi connectivity index (χ3v) is 6.09. The Morgan fingerprint density at radius 1 is 1.38 bits per heavy atom. The van der Waals surface area contributed by atoms with Gasteiger partial charge in [-0.05, 0) is 12.8 Å². The van der Waals surface area contributed by atoms with E-state index in [9.17, 15) is 14.7 Å². The molecule has 1 aromatic rings. The number of hydrogen-bond donors (Lipinski definition) is 3. The molecule has 4 rings (SSSR count). The van der Waals surface area contributed by atoms with E-state index in [0.29, 0.717) is 25.6 Å². The molecule has 3 aliphatic rings. The van der Waals surface area contributed by atoms with Gasteiger partial charge >= 0.3 is 5.97 Å². The van der Waals surface area contributed by atoms with Crippen molar-refractivity contribution >= 4 is 11.9 Å². The van der Waals surface area contributed by atoms with Gasteiger partial charge in [-0.3, -0.25) is 19.6 Å². The van der Waals surface area contributed by atoms with Gasteiger partial charge in [-0.2, -0.15) is 5.10 Å². The Bertz CT molecular complexity index is 652. The Labute approximate surface area is 140 Å². The van der Waals surface area contributed by atoms with Gasteiger partial charge < -0.3 is 10.4 Å². The first-order valence-corrected chi connectivity index (χ1v) is 8.86. The summed E-state index contributed by atoms with van der Waals surface area (Å²) in [5.74, 6) is -0.900. The summed E-state index contributed by atoms with van der Waals surface area (Å²) in [6, 6.07) is 0. The summed E-state index contributed by atoms with van der Waals surface area (Å²) in [6.45, 7) is 1.83. The van der Waals surface area contributed by atoms with Crippen molar-refractivity contribution in [3.05, 3.63) is 17.5 Å². The number of nitrogens with zero attached hydrogens (tertiary/aromatic N) is 2. The van der Waals surface area contributed by atoms with Gasteiger partial charge in [0.2, 0.25) is 5.91 Å². The van der Waals surface area contributed by atoms with Crippen LogP contribution in [0.4, 0.5) is 0 Å². The number of carboxylic acid groups (broad SMARTS) is 1. The first kappa shape index (κ1) is 15.6. The van der Waals surface area contributed by atoms with Crippen LogP contribution in [0.3, 0.4) is 0 Å². The highest BCUT2D eigenvalue weighted by atomic mass is 16.4. The number of aromatic amines is 1. The molecule has 2 atom stereocenters. The van der Waals surface area contributed by atoms with Crippen LogP contribution in [0, 0.1) is 11.3 Å². The van der Waals surface area contributed by atoms with Crippen molar-refractivity contribution in [1.29, 1.82) is 0 Å². The summed E-state index contributed by atoms with van der Waals surface area (Å²) in [7, 11) is 0. The second-order valence-electron chi connectivity index (χ2n) is 7.55. The van der Waals surface area contributed by atoms with Crippen LogP contribution in [0.25, 0.3) is 0 Å². The van der Waals surface area contributed by atoms with Crippen molar-refractivity contribution in [1.82, 2.24) is 20.4 Å². The summed E-state index contributed by atoms with van der Waals surface area (Å²) in [5, 5.41) is 19.8. The summed E-state index contributed by atoms with van der Waals surface area (Å²) in [4.78, 5) is 25.9. The van der Waals surface area contributed by atoms with E-state index in [0.717, 1.165) is 5.56 Å². The molecule has 1 amide bonds. The molecule has 1 saturated carbocycles. The minimum atomic E-state index is -0.966. The van der Waals surface area contributed by atoms with Gasteiger partial charge in [0.15, 0.2) is 0 Å². The minimum Gasteiger partial charge on any atom is -0.481 e. The van der Waals surface area contributed by atoms with Gasteiger partial charge in [-0.15, -0.1) is 0 Å². The van der Waals surface area contributed by atoms with Crippen LogP contribution in [-0.2, 0) is 16.1 Å². The highest BCUT2D eigenvalue weighted by Crippen LogP contribution is 2.41. The number of aliphatic carboxylic acids is 1. The lowest BCUT2D eigenvalue weighted by molar-refractivity contribution is -0.149. The smallest absolute Gasteiger partial charge is 0.313 e. The molecule has 0 spiro atoms. The highest BCUT2D eigenvalue weighted by molar-refractivity contribution is 5.92. The molecule has 3 fully saturated rings. The van der Waals surface area contributed by atoms with Crippen LogP contribution in [-0.4, -0.2) is 51.7 Å². The van der Waals surface area contributed by atoms with Gasteiger partial charge in [0, 0.05) is 43.4 Å². The minimum absolute atomic E-state index is 0.125. The van der Waals surface area contributed by atoms with E-state index >= 15 is 0 Å². The third kappa shape index (κ3) is 2.42. The molecule has 130 valence electrons. The quantitative estimate of drug-likeness (QED) is 0.767. The molecule has 24 heavy (non-hydrogen) atoms. The Morgan fingerprint density at radius 3 is 2.88 bits per heavy atom. The van der Waals surface area contributed by atoms with Crippen LogP contribution >= 0.6 is 0 Å². The predicted molar refractivity (Wildman–Crippen MR) is 86.3 cm³/mol. The van der Waals surface area contributed by atoms with Gasteiger partial charge in [0.1, 0.15) is 5.41 Å². The highest BCUT2D eigenvalue weighted by Gasteiger charge is 2.59. The van der Waals surface area contributed by atoms with E-state index in [1.807, 2.05) is 6.20 Å². The molecule has 0 aromatic carbocycles.